The van der Waals surface area contributed by atoms with Crippen molar-refractivity contribution in [2.75, 3.05) is 31.8 Å². The summed E-state index contributed by atoms with van der Waals surface area (Å²) in [7, 11) is 0. The second kappa shape index (κ2) is 6.14. The lowest BCUT2D eigenvalue weighted by atomic mass is 9.90. The molecule has 0 amide bonds. The van der Waals surface area contributed by atoms with Crippen molar-refractivity contribution in [1.82, 2.24) is 0 Å². The molecule has 1 fully saturated rings. The molecule has 1 heterocycles. The molecule has 0 saturated carbocycles. The van der Waals surface area contributed by atoms with Crippen LogP contribution in [0.1, 0.15) is 5.56 Å². The summed E-state index contributed by atoms with van der Waals surface area (Å²) < 4.78 is 5.20. The van der Waals surface area contributed by atoms with Gasteiger partial charge in [0.25, 0.3) is 0 Å². The molecule has 0 unspecified atom stereocenters. The van der Waals surface area contributed by atoms with Gasteiger partial charge in [-0.3, -0.25) is 0 Å². The van der Waals surface area contributed by atoms with E-state index in [9.17, 15) is 5.11 Å². The summed E-state index contributed by atoms with van der Waals surface area (Å²) in [5.74, 6) is 1.99. The van der Waals surface area contributed by atoms with Gasteiger partial charge >= 0.3 is 0 Å². The summed E-state index contributed by atoms with van der Waals surface area (Å²) in [6.07, 6.45) is 2.11. The number of hydrogen-bond donors (Lipinski definition) is 1. The highest BCUT2D eigenvalue weighted by Gasteiger charge is 2.37. The standard InChI is InChI=1S/C13H18O2S2/c1-16-12-5-3-2-4-11(12)6-17-10-13(7-14)8-15-9-13/h2-5,14H,6-10H2,1H3. The van der Waals surface area contributed by atoms with E-state index in [1.807, 2.05) is 11.8 Å². The van der Waals surface area contributed by atoms with Crippen molar-refractivity contribution in [3.05, 3.63) is 29.8 Å². The van der Waals surface area contributed by atoms with Crippen LogP contribution in [0.5, 0.6) is 0 Å². The van der Waals surface area contributed by atoms with Crippen LogP contribution in [0.4, 0.5) is 0 Å². The van der Waals surface area contributed by atoms with E-state index in [1.54, 1.807) is 11.8 Å². The zero-order valence-electron chi connectivity index (χ0n) is 10.0. The molecule has 4 heteroatoms. The smallest absolute Gasteiger partial charge is 0.0575 e. The number of rotatable bonds is 6. The molecule has 1 aliphatic rings. The fourth-order valence-corrected chi connectivity index (χ4v) is 3.78. The SMILES string of the molecule is CSc1ccccc1CSCC1(CO)COC1. The molecule has 2 nitrogen and oxygen atoms in total. The van der Waals surface area contributed by atoms with Crippen molar-refractivity contribution in [2.45, 2.75) is 10.6 Å². The van der Waals surface area contributed by atoms with Gasteiger partial charge in [0, 0.05) is 21.8 Å². The Bertz CT molecular complexity index is 359. The average Bonchev–Trinajstić information content (AvgIpc) is 2.33. The highest BCUT2D eigenvalue weighted by molar-refractivity contribution is 7.99. The Kier molecular flexibility index (Phi) is 4.79. The third-order valence-corrected chi connectivity index (χ3v) is 5.18. The minimum atomic E-state index is 0.0268. The quantitative estimate of drug-likeness (QED) is 0.805. The lowest BCUT2D eigenvalue weighted by Gasteiger charge is -2.39. The van der Waals surface area contributed by atoms with E-state index < -0.39 is 0 Å². The van der Waals surface area contributed by atoms with Crippen LogP contribution in [-0.4, -0.2) is 36.9 Å². The van der Waals surface area contributed by atoms with Gasteiger partial charge in [-0.05, 0) is 17.9 Å². The summed E-state index contributed by atoms with van der Waals surface area (Å²) in [5, 5.41) is 9.34. The van der Waals surface area contributed by atoms with Gasteiger partial charge in [0.1, 0.15) is 0 Å². The molecule has 1 N–H and O–H groups in total. The number of aliphatic hydroxyl groups is 1. The maximum Gasteiger partial charge on any atom is 0.0575 e. The summed E-state index contributed by atoms with van der Waals surface area (Å²) in [5.41, 5.74) is 1.41. The number of thioether (sulfide) groups is 2. The van der Waals surface area contributed by atoms with Gasteiger partial charge in [0.05, 0.1) is 19.8 Å². The van der Waals surface area contributed by atoms with Crippen LogP contribution < -0.4 is 0 Å². The topological polar surface area (TPSA) is 29.5 Å². The van der Waals surface area contributed by atoms with Crippen LogP contribution in [0.2, 0.25) is 0 Å². The molecule has 0 radical (unpaired) electrons. The van der Waals surface area contributed by atoms with Gasteiger partial charge in [0.15, 0.2) is 0 Å². The van der Waals surface area contributed by atoms with Crippen molar-refractivity contribution < 1.29 is 9.84 Å². The van der Waals surface area contributed by atoms with Gasteiger partial charge in [-0.2, -0.15) is 11.8 Å². The number of benzene rings is 1. The first kappa shape index (κ1) is 13.3. The molecular formula is C13H18O2S2. The van der Waals surface area contributed by atoms with Crippen molar-refractivity contribution >= 4 is 23.5 Å². The van der Waals surface area contributed by atoms with Crippen molar-refractivity contribution in [3.8, 4) is 0 Å². The van der Waals surface area contributed by atoms with Crippen molar-refractivity contribution in [1.29, 1.82) is 0 Å². The monoisotopic (exact) mass is 270 g/mol. The van der Waals surface area contributed by atoms with Crippen LogP contribution in [0.15, 0.2) is 29.2 Å². The predicted molar refractivity (Wildman–Crippen MR) is 74.7 cm³/mol. The van der Waals surface area contributed by atoms with Gasteiger partial charge in [-0.1, -0.05) is 18.2 Å². The third kappa shape index (κ3) is 3.19. The summed E-state index contributed by atoms with van der Waals surface area (Å²) >= 11 is 3.68. The molecule has 17 heavy (non-hydrogen) atoms. The molecule has 1 aromatic rings. The van der Waals surface area contributed by atoms with Crippen LogP contribution in [0.25, 0.3) is 0 Å². The zero-order chi connectivity index (χ0) is 12.1. The Balaban J connectivity index is 1.85. The Labute approximate surface area is 111 Å². The van der Waals surface area contributed by atoms with Gasteiger partial charge < -0.3 is 9.84 Å². The Morgan fingerprint density at radius 2 is 2.12 bits per heavy atom. The molecule has 0 spiro atoms. The molecule has 1 aromatic carbocycles. The lowest BCUT2D eigenvalue weighted by molar-refractivity contribution is -0.121. The second-order valence-corrected chi connectivity index (χ2v) is 6.29. The van der Waals surface area contributed by atoms with E-state index in [0.29, 0.717) is 13.2 Å². The highest BCUT2D eigenvalue weighted by atomic mass is 32.2. The number of hydrogen-bond acceptors (Lipinski definition) is 4. The molecule has 94 valence electrons. The van der Waals surface area contributed by atoms with E-state index >= 15 is 0 Å². The van der Waals surface area contributed by atoms with Crippen LogP contribution >= 0.6 is 23.5 Å². The molecule has 0 aromatic heterocycles. The summed E-state index contributed by atoms with van der Waals surface area (Å²) in [4.78, 5) is 1.35. The van der Waals surface area contributed by atoms with Gasteiger partial charge in [-0.15, -0.1) is 11.8 Å². The van der Waals surface area contributed by atoms with E-state index in [0.717, 1.165) is 11.5 Å². The first-order valence-electron chi connectivity index (χ1n) is 5.68. The Morgan fingerprint density at radius 3 is 2.71 bits per heavy atom. The molecule has 0 atom stereocenters. The molecule has 0 aliphatic carbocycles. The summed E-state index contributed by atoms with van der Waals surface area (Å²) in [6.45, 7) is 1.66. The maximum absolute atomic E-state index is 9.34. The fourth-order valence-electron chi connectivity index (χ4n) is 1.81. The van der Waals surface area contributed by atoms with E-state index in [-0.39, 0.29) is 12.0 Å². The molecule has 1 saturated heterocycles. The third-order valence-electron chi connectivity index (χ3n) is 3.01. The Hall–Kier alpha value is -0.160. The van der Waals surface area contributed by atoms with Gasteiger partial charge in [-0.25, -0.2) is 0 Å². The fraction of sp³-hybridized carbons (Fsp3) is 0.538. The molecule has 0 bridgehead atoms. The number of ether oxygens (including phenoxy) is 1. The highest BCUT2D eigenvalue weighted by Crippen LogP contribution is 2.33. The Morgan fingerprint density at radius 1 is 1.35 bits per heavy atom. The van der Waals surface area contributed by atoms with Crippen LogP contribution in [0.3, 0.4) is 0 Å². The van der Waals surface area contributed by atoms with Gasteiger partial charge in [0.2, 0.25) is 0 Å². The second-order valence-electron chi connectivity index (χ2n) is 4.46. The van der Waals surface area contributed by atoms with Crippen LogP contribution in [-0.2, 0) is 10.5 Å². The first-order chi connectivity index (χ1) is 8.29. The van der Waals surface area contributed by atoms with Crippen molar-refractivity contribution in [2.24, 2.45) is 5.41 Å². The zero-order valence-corrected chi connectivity index (χ0v) is 11.6. The lowest BCUT2D eigenvalue weighted by Crippen LogP contribution is -2.47. The first-order valence-corrected chi connectivity index (χ1v) is 8.06. The maximum atomic E-state index is 9.34. The molecular weight excluding hydrogens is 252 g/mol. The molecule has 2 rings (SSSR count). The number of aliphatic hydroxyl groups excluding tert-OH is 1. The normalized spacial score (nSPS) is 17.8. The van der Waals surface area contributed by atoms with Crippen LogP contribution in [0, 0.1) is 5.41 Å². The predicted octanol–water partition coefficient (Wildman–Crippen LogP) is 2.65. The average molecular weight is 270 g/mol. The van der Waals surface area contributed by atoms with E-state index in [1.165, 1.54) is 10.5 Å². The minimum Gasteiger partial charge on any atom is -0.396 e. The van der Waals surface area contributed by atoms with Crippen molar-refractivity contribution in [3.63, 3.8) is 0 Å². The minimum absolute atomic E-state index is 0.0268. The van der Waals surface area contributed by atoms with E-state index in [2.05, 4.69) is 30.5 Å². The largest absolute Gasteiger partial charge is 0.396 e. The van der Waals surface area contributed by atoms with E-state index in [4.69, 9.17) is 4.74 Å². The molecule has 1 aliphatic heterocycles. The summed E-state index contributed by atoms with van der Waals surface area (Å²) in [6, 6.07) is 8.51.